The van der Waals surface area contributed by atoms with Crippen molar-refractivity contribution < 1.29 is 9.53 Å². The van der Waals surface area contributed by atoms with E-state index in [0.29, 0.717) is 6.61 Å². The minimum atomic E-state index is 0.0851. The maximum Gasteiger partial charge on any atom is 0.253 e. The predicted octanol–water partition coefficient (Wildman–Crippen LogP) is 3.98. The summed E-state index contributed by atoms with van der Waals surface area (Å²) in [6, 6.07) is 17.7. The lowest BCUT2D eigenvalue weighted by Gasteiger charge is -2.32. The number of benzene rings is 2. The van der Waals surface area contributed by atoms with E-state index in [0.717, 1.165) is 59.3 Å². The van der Waals surface area contributed by atoms with Gasteiger partial charge in [0.05, 0.1) is 23.5 Å². The Morgan fingerprint density at radius 1 is 1.14 bits per heavy atom. The molecule has 5 nitrogen and oxygen atoms in total. The zero-order valence-corrected chi connectivity index (χ0v) is 16.1. The molecule has 28 heavy (non-hydrogen) atoms. The molecule has 2 aromatic carbocycles. The van der Waals surface area contributed by atoms with Crippen molar-refractivity contribution in [3.63, 3.8) is 0 Å². The van der Waals surface area contributed by atoms with Crippen LogP contribution in [-0.4, -0.2) is 36.0 Å². The van der Waals surface area contributed by atoms with Crippen LogP contribution in [-0.2, 0) is 11.3 Å². The van der Waals surface area contributed by atoms with Crippen molar-refractivity contribution in [2.75, 3.05) is 25.9 Å². The zero-order valence-electron chi connectivity index (χ0n) is 16.1. The number of rotatable bonds is 4. The number of likely N-dealkylation sites (tertiary alicyclic amines) is 1. The molecule has 1 fully saturated rings. The highest BCUT2D eigenvalue weighted by Gasteiger charge is 2.26. The van der Waals surface area contributed by atoms with Gasteiger partial charge in [-0.25, -0.2) is 0 Å². The molecule has 0 atom stereocenters. The van der Waals surface area contributed by atoms with Crippen LogP contribution in [0.15, 0.2) is 54.6 Å². The fourth-order valence-electron chi connectivity index (χ4n) is 3.92. The average Bonchev–Trinajstić information content (AvgIpc) is 2.74. The number of fused-ring (bicyclic) bond motifs is 1. The number of nitrogen functional groups attached to an aromatic ring is 1. The maximum absolute atomic E-state index is 12.8. The lowest BCUT2D eigenvalue weighted by Crippen LogP contribution is -2.38. The molecule has 0 radical (unpaired) electrons. The monoisotopic (exact) mass is 375 g/mol. The summed E-state index contributed by atoms with van der Waals surface area (Å²) in [4.78, 5) is 19.6. The Balaban J connectivity index is 1.44. The number of nitrogens with zero attached hydrogens (tertiary/aromatic N) is 2. The molecular weight excluding hydrogens is 350 g/mol. The van der Waals surface area contributed by atoms with E-state index in [2.05, 4.69) is 0 Å². The first-order chi connectivity index (χ1) is 13.7. The Kier molecular flexibility index (Phi) is 5.26. The topological polar surface area (TPSA) is 68.5 Å². The van der Waals surface area contributed by atoms with Crippen molar-refractivity contribution >= 4 is 22.5 Å². The number of aromatic nitrogens is 1. The van der Waals surface area contributed by atoms with E-state index >= 15 is 0 Å². The minimum absolute atomic E-state index is 0.0851. The third-order valence-corrected chi connectivity index (χ3v) is 5.47. The summed E-state index contributed by atoms with van der Waals surface area (Å²) in [7, 11) is 1.67. The van der Waals surface area contributed by atoms with E-state index < -0.39 is 0 Å². The molecular formula is C23H25N3O2. The normalized spacial score (nSPS) is 15.1. The van der Waals surface area contributed by atoms with E-state index in [1.807, 2.05) is 59.5 Å². The van der Waals surface area contributed by atoms with Crippen LogP contribution >= 0.6 is 0 Å². The number of carbonyl (C=O) groups is 1. The van der Waals surface area contributed by atoms with E-state index in [4.69, 9.17) is 15.5 Å². The summed E-state index contributed by atoms with van der Waals surface area (Å²) in [6.07, 6.45) is 1.76. The van der Waals surface area contributed by atoms with E-state index in [9.17, 15) is 4.79 Å². The highest BCUT2D eigenvalue weighted by molar-refractivity contribution is 5.94. The highest BCUT2D eigenvalue weighted by atomic mass is 16.5. The van der Waals surface area contributed by atoms with Crippen LogP contribution in [0.1, 0.15) is 40.4 Å². The molecule has 3 aromatic rings. The Morgan fingerprint density at radius 3 is 2.57 bits per heavy atom. The first-order valence-corrected chi connectivity index (χ1v) is 9.68. The van der Waals surface area contributed by atoms with Gasteiger partial charge < -0.3 is 15.4 Å². The van der Waals surface area contributed by atoms with E-state index in [-0.39, 0.29) is 11.8 Å². The van der Waals surface area contributed by atoms with Gasteiger partial charge in [0.1, 0.15) is 0 Å². The summed E-state index contributed by atoms with van der Waals surface area (Å²) >= 11 is 0. The van der Waals surface area contributed by atoms with Crippen molar-refractivity contribution in [3.05, 3.63) is 71.4 Å². The number of hydrogen-bond acceptors (Lipinski definition) is 4. The molecule has 0 bridgehead atoms. The minimum Gasteiger partial charge on any atom is -0.397 e. The van der Waals surface area contributed by atoms with Crippen molar-refractivity contribution in [1.29, 1.82) is 0 Å². The average molecular weight is 375 g/mol. The van der Waals surface area contributed by atoms with Crippen molar-refractivity contribution in [2.45, 2.75) is 25.4 Å². The highest BCUT2D eigenvalue weighted by Crippen LogP contribution is 2.32. The number of amides is 1. The van der Waals surface area contributed by atoms with E-state index in [1.54, 1.807) is 7.11 Å². The summed E-state index contributed by atoms with van der Waals surface area (Å²) in [5.74, 6) is 0.375. The maximum atomic E-state index is 12.8. The molecule has 4 rings (SSSR count). The molecule has 1 aromatic heterocycles. The Morgan fingerprint density at radius 2 is 1.86 bits per heavy atom. The van der Waals surface area contributed by atoms with Crippen molar-refractivity contribution in [2.24, 2.45) is 0 Å². The molecule has 2 heterocycles. The van der Waals surface area contributed by atoms with Crippen LogP contribution in [0.25, 0.3) is 10.9 Å². The van der Waals surface area contributed by atoms with Crippen LogP contribution in [0.5, 0.6) is 0 Å². The van der Waals surface area contributed by atoms with Gasteiger partial charge in [-0.15, -0.1) is 0 Å². The molecule has 1 saturated heterocycles. The number of hydrogen-bond donors (Lipinski definition) is 1. The van der Waals surface area contributed by atoms with Gasteiger partial charge in [-0.1, -0.05) is 30.3 Å². The van der Waals surface area contributed by atoms with Gasteiger partial charge in [0, 0.05) is 37.1 Å². The second kappa shape index (κ2) is 7.98. The molecule has 1 aliphatic heterocycles. The predicted molar refractivity (Wildman–Crippen MR) is 111 cm³/mol. The molecule has 5 heteroatoms. The Labute approximate surface area is 165 Å². The second-order valence-corrected chi connectivity index (χ2v) is 7.35. The van der Waals surface area contributed by atoms with Gasteiger partial charge in [0.15, 0.2) is 0 Å². The third-order valence-electron chi connectivity index (χ3n) is 5.47. The van der Waals surface area contributed by atoms with Crippen molar-refractivity contribution in [1.82, 2.24) is 9.88 Å². The number of nitrogens with two attached hydrogens (primary N) is 1. The van der Waals surface area contributed by atoms with Crippen LogP contribution in [0.4, 0.5) is 5.69 Å². The SMILES string of the molecule is COCc1ccc(C(=O)N2CCC(c3nc4ccccc4cc3N)CC2)cc1. The number of methoxy groups -OCH3 is 1. The molecule has 0 spiro atoms. The molecule has 144 valence electrons. The standard InChI is InChI=1S/C23H25N3O2/c1-28-15-16-6-8-18(9-7-16)23(27)26-12-10-17(11-13-26)22-20(24)14-19-4-2-3-5-21(19)25-22/h2-9,14,17H,10-13,15,24H2,1H3. The quantitative estimate of drug-likeness (QED) is 0.749. The van der Waals surface area contributed by atoms with Gasteiger partial charge in [-0.3, -0.25) is 9.78 Å². The van der Waals surface area contributed by atoms with Crippen LogP contribution in [0.2, 0.25) is 0 Å². The summed E-state index contributed by atoms with van der Waals surface area (Å²) in [5, 5.41) is 1.06. The number of piperidine rings is 1. The summed E-state index contributed by atoms with van der Waals surface area (Å²) in [5.41, 5.74) is 10.8. The second-order valence-electron chi connectivity index (χ2n) is 7.35. The van der Waals surface area contributed by atoms with Gasteiger partial charge in [-0.05, 0) is 42.7 Å². The summed E-state index contributed by atoms with van der Waals surface area (Å²) in [6.45, 7) is 1.99. The van der Waals surface area contributed by atoms with Gasteiger partial charge in [0.25, 0.3) is 5.91 Å². The molecule has 0 saturated carbocycles. The van der Waals surface area contributed by atoms with Crippen LogP contribution < -0.4 is 5.73 Å². The number of para-hydroxylation sites is 1. The van der Waals surface area contributed by atoms with Gasteiger partial charge in [0.2, 0.25) is 0 Å². The van der Waals surface area contributed by atoms with Crippen LogP contribution in [0, 0.1) is 0 Å². The molecule has 1 amide bonds. The third kappa shape index (κ3) is 3.71. The smallest absolute Gasteiger partial charge is 0.253 e. The fraction of sp³-hybridized carbons (Fsp3) is 0.304. The Hall–Kier alpha value is -2.92. The summed E-state index contributed by atoms with van der Waals surface area (Å²) < 4.78 is 5.12. The van der Waals surface area contributed by atoms with Gasteiger partial charge >= 0.3 is 0 Å². The molecule has 0 unspecified atom stereocenters. The number of anilines is 1. The van der Waals surface area contributed by atoms with Crippen molar-refractivity contribution in [3.8, 4) is 0 Å². The lowest BCUT2D eigenvalue weighted by molar-refractivity contribution is 0.0712. The Bertz CT molecular complexity index is 977. The number of ether oxygens (including phenoxy) is 1. The number of pyridine rings is 1. The first-order valence-electron chi connectivity index (χ1n) is 9.68. The fourth-order valence-corrected chi connectivity index (χ4v) is 3.92. The van der Waals surface area contributed by atoms with E-state index in [1.165, 1.54) is 0 Å². The van der Waals surface area contributed by atoms with Gasteiger partial charge in [-0.2, -0.15) is 0 Å². The van der Waals surface area contributed by atoms with Crippen LogP contribution in [0.3, 0.4) is 0 Å². The molecule has 0 aliphatic carbocycles. The number of carbonyl (C=O) groups excluding carboxylic acids is 1. The largest absolute Gasteiger partial charge is 0.397 e. The lowest BCUT2D eigenvalue weighted by atomic mass is 9.91. The molecule has 1 aliphatic rings. The zero-order chi connectivity index (χ0) is 19.5. The first kappa shape index (κ1) is 18.4. The molecule has 2 N–H and O–H groups in total.